The molecule has 16 atom stereocenters. The van der Waals surface area contributed by atoms with Crippen molar-refractivity contribution in [3.8, 4) is 0 Å². The summed E-state index contributed by atoms with van der Waals surface area (Å²) >= 11 is 0. The number of rotatable bonds is 9. The topological polar surface area (TPSA) is 186 Å². The number of aliphatic hydroxyl groups is 5. The van der Waals surface area contributed by atoms with Crippen molar-refractivity contribution in [3.05, 3.63) is 0 Å². The maximum Gasteiger partial charge on any atom is 1.00 e. The molecule has 5 rings (SSSR count). The second kappa shape index (κ2) is 14.4. The Hall–Kier alpha value is 0.590. The summed E-state index contributed by atoms with van der Waals surface area (Å²) in [6, 6.07) is 0. The Morgan fingerprint density at radius 2 is 1.56 bits per heavy atom. The van der Waals surface area contributed by atoms with Crippen molar-refractivity contribution in [1.29, 1.82) is 0 Å². The zero-order valence-corrected chi connectivity index (χ0v) is 30.6. The fourth-order valence-electron chi connectivity index (χ4n) is 10.7. The summed E-state index contributed by atoms with van der Waals surface area (Å²) in [5.41, 5.74) is -0.450. The summed E-state index contributed by atoms with van der Waals surface area (Å²) in [4.78, 5) is 0. The van der Waals surface area contributed by atoms with Crippen molar-refractivity contribution in [1.82, 2.24) is 0 Å². The third-order valence-electron chi connectivity index (χ3n) is 13.0. The van der Waals surface area contributed by atoms with Crippen LogP contribution in [0.4, 0.5) is 0 Å². The molecule has 11 nitrogen and oxygen atoms in total. The SMILES string of the molecule is CC(C)C(CC[C@@H](C)[C@H]1C[C@H](OS(=O)(=O)[O-])[C@H]2[C@@H]3C[C@H](O)C4C[C@@H](O)CC[C@]4(C)[C@H]3CC[C@@]21C)O[C@@H]1OC[C@@H](O)[C@H](O)[C@H]1O.[Na+]. The molecule has 4 aliphatic carbocycles. The standard InChI is InChI=1S/C32H56O11S.Na/c1-16(2)25(42-30-29(37)28(36)24(35)15-41-30)7-6-17(3)21-14-26(43-44(38,39)40)27-19-13-23(34)22-12-18(33)8-10-31(22,4)20(19)9-11-32(21,27)5;/h16-30,33-37H,6-15H2,1-5H3,(H,38,39,40);/q;+1/p-1/t17-,18+,19-,20+,21-,22?,23+,24-,25?,26+,27-,28+,29-,30+,31-,32-;/m1./s1. The van der Waals surface area contributed by atoms with E-state index in [2.05, 4.69) is 20.8 Å². The van der Waals surface area contributed by atoms with Gasteiger partial charge in [-0.25, -0.2) is 8.42 Å². The minimum atomic E-state index is -4.94. The number of hydrogen-bond acceptors (Lipinski definition) is 11. The average Bonchev–Trinajstić information content (AvgIpc) is 3.22. The minimum Gasteiger partial charge on any atom is -0.726 e. The zero-order chi connectivity index (χ0) is 32.4. The normalized spacial score (nSPS) is 48.1. The first-order valence-electron chi connectivity index (χ1n) is 16.8. The van der Waals surface area contributed by atoms with Gasteiger partial charge in [0.2, 0.25) is 10.4 Å². The van der Waals surface area contributed by atoms with Crippen molar-refractivity contribution >= 4 is 10.4 Å². The summed E-state index contributed by atoms with van der Waals surface area (Å²) in [5, 5.41) is 52.1. The number of hydrogen-bond donors (Lipinski definition) is 5. The van der Waals surface area contributed by atoms with E-state index in [1.165, 1.54) is 0 Å². The van der Waals surface area contributed by atoms with Gasteiger partial charge < -0.3 is 39.6 Å². The van der Waals surface area contributed by atoms with Crippen LogP contribution in [-0.2, 0) is 24.1 Å². The van der Waals surface area contributed by atoms with Crippen LogP contribution in [0.1, 0.15) is 92.4 Å². The molecule has 5 aliphatic rings. The maximum atomic E-state index is 12.0. The third-order valence-corrected chi connectivity index (χ3v) is 13.5. The molecule has 45 heavy (non-hydrogen) atoms. The summed E-state index contributed by atoms with van der Waals surface area (Å²) in [5.74, 6) is 0.383. The van der Waals surface area contributed by atoms with Gasteiger partial charge in [-0.15, -0.1) is 0 Å². The maximum absolute atomic E-state index is 12.0. The summed E-state index contributed by atoms with van der Waals surface area (Å²) in [6.45, 7) is 10.5. The van der Waals surface area contributed by atoms with Crippen molar-refractivity contribution in [2.75, 3.05) is 6.61 Å². The van der Waals surface area contributed by atoms with Gasteiger partial charge in [0.25, 0.3) is 0 Å². The van der Waals surface area contributed by atoms with E-state index in [1.807, 2.05) is 13.8 Å². The second-order valence-corrected chi connectivity index (χ2v) is 16.8. The molecule has 0 aromatic heterocycles. The molecule has 1 heterocycles. The summed E-state index contributed by atoms with van der Waals surface area (Å²) in [7, 11) is -4.94. The molecular weight excluding hydrogens is 615 g/mol. The smallest absolute Gasteiger partial charge is 0.726 e. The Bertz CT molecular complexity index is 1110. The summed E-state index contributed by atoms with van der Waals surface area (Å²) in [6.07, 6.45) is -0.716. The van der Waals surface area contributed by atoms with Crippen LogP contribution < -0.4 is 29.6 Å². The Kier molecular flexibility index (Phi) is 12.3. The van der Waals surface area contributed by atoms with Gasteiger partial charge in [0.05, 0.1) is 31.0 Å². The molecule has 256 valence electrons. The van der Waals surface area contributed by atoms with E-state index in [0.717, 1.165) is 25.7 Å². The molecule has 13 heteroatoms. The van der Waals surface area contributed by atoms with Gasteiger partial charge >= 0.3 is 29.6 Å². The van der Waals surface area contributed by atoms with Crippen LogP contribution in [0.15, 0.2) is 0 Å². The fourth-order valence-corrected chi connectivity index (χ4v) is 11.3. The van der Waals surface area contributed by atoms with Crippen LogP contribution in [0.3, 0.4) is 0 Å². The van der Waals surface area contributed by atoms with Crippen LogP contribution in [0, 0.1) is 52.3 Å². The quantitative estimate of drug-likeness (QED) is 0.119. The van der Waals surface area contributed by atoms with E-state index in [1.54, 1.807) is 0 Å². The van der Waals surface area contributed by atoms with E-state index < -0.39 is 53.3 Å². The average molecular weight is 671 g/mol. The van der Waals surface area contributed by atoms with Gasteiger partial charge in [-0.2, -0.15) is 0 Å². The van der Waals surface area contributed by atoms with Crippen molar-refractivity contribution in [2.24, 2.45) is 52.3 Å². The first-order chi connectivity index (χ1) is 20.5. The summed E-state index contributed by atoms with van der Waals surface area (Å²) < 4.78 is 53.0. The van der Waals surface area contributed by atoms with E-state index in [9.17, 15) is 38.5 Å². The van der Waals surface area contributed by atoms with Gasteiger partial charge in [-0.3, -0.25) is 4.18 Å². The fraction of sp³-hybridized carbons (Fsp3) is 1.00. The Balaban J connectivity index is 0.00000461. The minimum absolute atomic E-state index is 0. The molecule has 0 amide bonds. The molecule has 0 aromatic carbocycles. The van der Waals surface area contributed by atoms with Crippen molar-refractivity contribution in [2.45, 2.75) is 141 Å². The molecule has 2 unspecified atom stereocenters. The van der Waals surface area contributed by atoms with Gasteiger partial charge in [0, 0.05) is 0 Å². The molecule has 0 aromatic rings. The number of fused-ring (bicyclic) bond motifs is 5. The van der Waals surface area contributed by atoms with Gasteiger partial charge in [-0.05, 0) is 110 Å². The molecule has 1 aliphatic heterocycles. The molecule has 5 N–H and O–H groups in total. The van der Waals surface area contributed by atoms with Gasteiger partial charge in [-0.1, -0.05) is 34.6 Å². The third kappa shape index (κ3) is 7.54. The van der Waals surface area contributed by atoms with Crippen molar-refractivity contribution < 1.29 is 81.7 Å². The Morgan fingerprint density at radius 1 is 0.889 bits per heavy atom. The van der Waals surface area contributed by atoms with Crippen LogP contribution >= 0.6 is 0 Å². The van der Waals surface area contributed by atoms with Gasteiger partial charge in [0.1, 0.15) is 18.3 Å². The molecule has 0 bridgehead atoms. The number of ether oxygens (including phenoxy) is 2. The molecule has 0 radical (unpaired) electrons. The predicted molar refractivity (Wildman–Crippen MR) is 158 cm³/mol. The van der Waals surface area contributed by atoms with Crippen LogP contribution in [0.2, 0.25) is 0 Å². The molecule has 0 spiro atoms. The van der Waals surface area contributed by atoms with Crippen LogP contribution in [0.5, 0.6) is 0 Å². The molecule has 1 saturated heterocycles. The molecular formula is C32H55NaO11S. The monoisotopic (exact) mass is 670 g/mol. The van der Waals surface area contributed by atoms with E-state index in [0.29, 0.717) is 32.1 Å². The first kappa shape index (κ1) is 38.4. The molecule has 4 saturated carbocycles. The largest absolute Gasteiger partial charge is 1.00 e. The van der Waals surface area contributed by atoms with Crippen molar-refractivity contribution in [3.63, 3.8) is 0 Å². The zero-order valence-electron chi connectivity index (χ0n) is 27.8. The Labute approximate surface area is 291 Å². The van der Waals surface area contributed by atoms with Crippen LogP contribution in [0.25, 0.3) is 0 Å². The van der Waals surface area contributed by atoms with E-state index >= 15 is 0 Å². The molecule has 5 fully saturated rings. The van der Waals surface area contributed by atoms with Crippen LogP contribution in [-0.4, -0.2) is 94.1 Å². The number of aliphatic hydroxyl groups excluding tert-OH is 5. The van der Waals surface area contributed by atoms with Gasteiger partial charge in [0.15, 0.2) is 6.29 Å². The first-order valence-corrected chi connectivity index (χ1v) is 18.1. The van der Waals surface area contributed by atoms with E-state index in [4.69, 9.17) is 13.7 Å². The second-order valence-electron chi connectivity index (χ2n) is 15.8. The Morgan fingerprint density at radius 3 is 2.20 bits per heavy atom. The van der Waals surface area contributed by atoms with E-state index in [-0.39, 0.29) is 94.5 Å². The predicted octanol–water partition coefficient (Wildman–Crippen LogP) is -0.667.